The second-order valence-corrected chi connectivity index (χ2v) is 7.64. The number of nitrogens with zero attached hydrogens (tertiary/aromatic N) is 3. The molecule has 0 aromatic heterocycles. The summed E-state index contributed by atoms with van der Waals surface area (Å²) in [6.07, 6.45) is 8.58. The SMILES string of the molecule is O=C1C2C3C=CC(C3)C2C(=O)N1N=Cc1ccc(N2CCCC2)c(F)c1. The summed E-state index contributed by atoms with van der Waals surface area (Å²) < 4.78 is 14.4. The van der Waals surface area contributed by atoms with E-state index in [-0.39, 0.29) is 41.3 Å². The number of allylic oxidation sites excluding steroid dienone is 2. The van der Waals surface area contributed by atoms with Crippen LogP contribution in [0.3, 0.4) is 0 Å². The average Bonchev–Trinajstić information content (AvgIpc) is 3.40. The van der Waals surface area contributed by atoms with Gasteiger partial charge in [-0.2, -0.15) is 10.1 Å². The zero-order chi connectivity index (χ0) is 17.8. The standard InChI is InChI=1S/C20H20FN3O2/c21-15-9-12(3-6-16(15)23-7-1-2-8-23)11-22-24-19(25)17-13-4-5-14(10-13)18(17)20(24)26/h3-6,9,11,13-14,17-18H,1-2,7-8,10H2. The molecule has 2 saturated heterocycles. The monoisotopic (exact) mass is 353 g/mol. The van der Waals surface area contributed by atoms with Crippen LogP contribution in [0.25, 0.3) is 0 Å². The lowest BCUT2D eigenvalue weighted by atomic mass is 9.85. The van der Waals surface area contributed by atoms with Crippen LogP contribution < -0.4 is 4.90 Å². The zero-order valence-corrected chi connectivity index (χ0v) is 14.3. The minimum absolute atomic E-state index is 0.166. The molecule has 1 aromatic rings. The summed E-state index contributed by atoms with van der Waals surface area (Å²) in [6.45, 7) is 1.75. The Morgan fingerprint density at radius 2 is 1.69 bits per heavy atom. The summed E-state index contributed by atoms with van der Waals surface area (Å²) in [7, 11) is 0. The Bertz CT molecular complexity index is 813. The number of carbonyl (C=O) groups excluding carboxylic acids is 2. The number of amides is 2. The average molecular weight is 353 g/mol. The van der Waals surface area contributed by atoms with Gasteiger partial charge in [-0.3, -0.25) is 9.59 Å². The van der Waals surface area contributed by atoms with E-state index in [1.54, 1.807) is 12.1 Å². The smallest absolute Gasteiger partial charge is 0.254 e. The third-order valence-electron chi connectivity index (χ3n) is 6.19. The lowest BCUT2D eigenvalue weighted by Crippen LogP contribution is -2.28. The second kappa shape index (κ2) is 5.76. The zero-order valence-electron chi connectivity index (χ0n) is 14.3. The van der Waals surface area contributed by atoms with Gasteiger partial charge in [0.2, 0.25) is 0 Å². The van der Waals surface area contributed by atoms with Crippen LogP contribution in [0.4, 0.5) is 10.1 Å². The third kappa shape index (κ3) is 2.24. The fourth-order valence-electron chi connectivity index (χ4n) is 4.94. The van der Waals surface area contributed by atoms with E-state index in [1.807, 2.05) is 4.90 Å². The third-order valence-corrected chi connectivity index (χ3v) is 6.19. The summed E-state index contributed by atoms with van der Waals surface area (Å²) in [5.41, 5.74) is 1.15. The molecule has 2 heterocycles. The minimum Gasteiger partial charge on any atom is -0.369 e. The van der Waals surface area contributed by atoms with Gasteiger partial charge >= 0.3 is 0 Å². The van der Waals surface area contributed by atoms with Crippen molar-refractivity contribution in [3.8, 4) is 0 Å². The van der Waals surface area contributed by atoms with Crippen LogP contribution in [0.15, 0.2) is 35.5 Å². The van der Waals surface area contributed by atoms with Crippen LogP contribution in [0.1, 0.15) is 24.8 Å². The number of benzene rings is 1. The molecule has 2 bridgehead atoms. The molecular weight excluding hydrogens is 333 g/mol. The number of fused-ring (bicyclic) bond motifs is 5. The number of hydrogen-bond acceptors (Lipinski definition) is 4. The van der Waals surface area contributed by atoms with Gasteiger partial charge in [0.15, 0.2) is 0 Å². The molecule has 1 saturated carbocycles. The molecule has 0 spiro atoms. The molecule has 5 nitrogen and oxygen atoms in total. The molecule has 5 rings (SSSR count). The van der Waals surface area contributed by atoms with Gasteiger partial charge in [-0.15, -0.1) is 0 Å². The van der Waals surface area contributed by atoms with Gasteiger partial charge < -0.3 is 4.90 Å². The summed E-state index contributed by atoms with van der Waals surface area (Å²) >= 11 is 0. The maximum absolute atomic E-state index is 14.4. The van der Waals surface area contributed by atoms with Crippen molar-refractivity contribution in [3.05, 3.63) is 41.7 Å². The molecule has 0 N–H and O–H groups in total. The molecule has 2 amide bonds. The van der Waals surface area contributed by atoms with E-state index in [4.69, 9.17) is 0 Å². The first kappa shape index (κ1) is 15.7. The lowest BCUT2D eigenvalue weighted by molar-refractivity contribution is -0.140. The van der Waals surface area contributed by atoms with Crippen LogP contribution in [0.2, 0.25) is 0 Å². The normalized spacial score (nSPS) is 32.5. The maximum Gasteiger partial charge on any atom is 0.254 e. The molecule has 26 heavy (non-hydrogen) atoms. The summed E-state index contributed by atoms with van der Waals surface area (Å²) in [5, 5.41) is 5.10. The molecule has 0 radical (unpaired) electrons. The van der Waals surface area contributed by atoms with Crippen molar-refractivity contribution in [1.29, 1.82) is 0 Å². The second-order valence-electron chi connectivity index (χ2n) is 7.64. The number of imide groups is 1. The Balaban J connectivity index is 1.35. The fraction of sp³-hybridized carbons (Fsp3) is 0.450. The van der Waals surface area contributed by atoms with Crippen LogP contribution in [0.5, 0.6) is 0 Å². The van der Waals surface area contributed by atoms with Gasteiger partial charge in [-0.05, 0) is 48.8 Å². The fourth-order valence-corrected chi connectivity index (χ4v) is 4.94. The molecule has 3 fully saturated rings. The first-order valence-corrected chi connectivity index (χ1v) is 9.28. The van der Waals surface area contributed by atoms with Crippen molar-refractivity contribution in [3.63, 3.8) is 0 Å². The Kier molecular flexibility index (Phi) is 3.48. The predicted molar refractivity (Wildman–Crippen MR) is 95.0 cm³/mol. The van der Waals surface area contributed by atoms with Crippen molar-refractivity contribution in [2.24, 2.45) is 28.8 Å². The Labute approximate surface area is 151 Å². The Hall–Kier alpha value is -2.50. The van der Waals surface area contributed by atoms with Crippen LogP contribution in [-0.2, 0) is 9.59 Å². The highest BCUT2D eigenvalue weighted by Gasteiger charge is 2.59. The van der Waals surface area contributed by atoms with Gasteiger partial charge in [0.05, 0.1) is 23.7 Å². The number of hydrazone groups is 1. The molecule has 6 heteroatoms. The van der Waals surface area contributed by atoms with E-state index in [2.05, 4.69) is 17.3 Å². The van der Waals surface area contributed by atoms with Crippen molar-refractivity contribution in [2.45, 2.75) is 19.3 Å². The number of rotatable bonds is 3. The quantitative estimate of drug-likeness (QED) is 0.477. The Morgan fingerprint density at radius 1 is 1.04 bits per heavy atom. The van der Waals surface area contributed by atoms with E-state index < -0.39 is 0 Å². The molecule has 1 aromatic carbocycles. The highest BCUT2D eigenvalue weighted by atomic mass is 19.1. The van der Waals surface area contributed by atoms with Crippen LogP contribution in [0, 0.1) is 29.5 Å². The maximum atomic E-state index is 14.4. The van der Waals surface area contributed by atoms with Crippen molar-refractivity contribution >= 4 is 23.7 Å². The lowest BCUT2D eigenvalue weighted by Gasteiger charge is -2.18. The summed E-state index contributed by atoms with van der Waals surface area (Å²) in [5.74, 6) is -0.927. The highest BCUT2D eigenvalue weighted by molar-refractivity contribution is 6.06. The van der Waals surface area contributed by atoms with Crippen LogP contribution in [-0.4, -0.2) is 36.1 Å². The van der Waals surface area contributed by atoms with E-state index in [9.17, 15) is 14.0 Å². The number of halogens is 1. The molecule has 4 unspecified atom stereocenters. The highest BCUT2D eigenvalue weighted by Crippen LogP contribution is 2.52. The van der Waals surface area contributed by atoms with E-state index in [0.29, 0.717) is 11.3 Å². The summed E-state index contributed by atoms with van der Waals surface area (Å²) in [4.78, 5) is 27.2. The van der Waals surface area contributed by atoms with Crippen molar-refractivity contribution in [1.82, 2.24) is 5.01 Å². The number of carbonyl (C=O) groups is 2. The molecule has 2 aliphatic carbocycles. The number of hydrogen-bond donors (Lipinski definition) is 0. The summed E-state index contributed by atoms with van der Waals surface area (Å²) in [6, 6.07) is 4.93. The topological polar surface area (TPSA) is 53.0 Å². The molecule has 2 aliphatic heterocycles. The first-order chi connectivity index (χ1) is 12.6. The van der Waals surface area contributed by atoms with Gasteiger partial charge in [-0.25, -0.2) is 4.39 Å². The van der Waals surface area contributed by atoms with Crippen LogP contribution >= 0.6 is 0 Å². The van der Waals surface area contributed by atoms with Gasteiger partial charge in [0, 0.05) is 13.1 Å². The van der Waals surface area contributed by atoms with E-state index >= 15 is 0 Å². The molecular formula is C20H20FN3O2. The van der Waals surface area contributed by atoms with Gasteiger partial charge in [0.1, 0.15) is 5.82 Å². The molecule has 134 valence electrons. The minimum atomic E-state index is -0.297. The van der Waals surface area contributed by atoms with Crippen molar-refractivity contribution in [2.75, 3.05) is 18.0 Å². The van der Waals surface area contributed by atoms with Gasteiger partial charge in [0.25, 0.3) is 11.8 Å². The van der Waals surface area contributed by atoms with Crippen molar-refractivity contribution < 1.29 is 14.0 Å². The predicted octanol–water partition coefficient (Wildman–Crippen LogP) is 2.57. The van der Waals surface area contributed by atoms with E-state index in [1.165, 1.54) is 12.3 Å². The first-order valence-electron chi connectivity index (χ1n) is 9.28. The Morgan fingerprint density at radius 3 is 2.31 bits per heavy atom. The van der Waals surface area contributed by atoms with E-state index in [0.717, 1.165) is 37.4 Å². The van der Waals surface area contributed by atoms with Gasteiger partial charge in [-0.1, -0.05) is 18.2 Å². The number of anilines is 1. The molecule has 4 atom stereocenters. The largest absolute Gasteiger partial charge is 0.369 e. The molecule has 4 aliphatic rings.